The molecule has 0 unspecified atom stereocenters. The molecule has 0 aliphatic heterocycles. The molecule has 0 spiro atoms. The van der Waals surface area contributed by atoms with E-state index in [2.05, 4.69) is 32.7 Å². The van der Waals surface area contributed by atoms with E-state index in [9.17, 15) is 0 Å². The number of rotatable bonds is 5. The SMILES string of the molecule is CN=C(NCc1ccccc1)NCc1coc(-c2ccccc2)n1. The highest BCUT2D eigenvalue weighted by molar-refractivity contribution is 5.79. The quantitative estimate of drug-likeness (QED) is 0.560. The van der Waals surface area contributed by atoms with E-state index in [-0.39, 0.29) is 0 Å². The predicted octanol–water partition coefficient (Wildman–Crippen LogP) is 3.21. The maximum absolute atomic E-state index is 5.53. The van der Waals surface area contributed by atoms with Gasteiger partial charge >= 0.3 is 0 Å². The fourth-order valence-corrected chi connectivity index (χ4v) is 2.28. The number of aromatic nitrogens is 1. The van der Waals surface area contributed by atoms with E-state index >= 15 is 0 Å². The van der Waals surface area contributed by atoms with Gasteiger partial charge in [-0.15, -0.1) is 0 Å². The molecule has 2 N–H and O–H groups in total. The number of hydrogen-bond acceptors (Lipinski definition) is 3. The molecule has 0 atom stereocenters. The van der Waals surface area contributed by atoms with Crippen molar-refractivity contribution < 1.29 is 4.42 Å². The molecule has 122 valence electrons. The first-order chi connectivity index (χ1) is 11.8. The number of nitrogens with zero attached hydrogens (tertiary/aromatic N) is 2. The zero-order chi connectivity index (χ0) is 16.6. The van der Waals surface area contributed by atoms with E-state index in [1.165, 1.54) is 5.56 Å². The van der Waals surface area contributed by atoms with Crippen LogP contribution in [0.5, 0.6) is 0 Å². The summed E-state index contributed by atoms with van der Waals surface area (Å²) in [7, 11) is 1.75. The first-order valence-corrected chi connectivity index (χ1v) is 7.83. The summed E-state index contributed by atoms with van der Waals surface area (Å²) in [4.78, 5) is 8.71. The Balaban J connectivity index is 1.54. The summed E-state index contributed by atoms with van der Waals surface area (Å²) in [6.45, 7) is 1.26. The van der Waals surface area contributed by atoms with Gasteiger partial charge in [-0.05, 0) is 17.7 Å². The Labute approximate surface area is 141 Å². The smallest absolute Gasteiger partial charge is 0.226 e. The second-order valence-electron chi connectivity index (χ2n) is 5.27. The topological polar surface area (TPSA) is 62.5 Å². The van der Waals surface area contributed by atoms with Gasteiger partial charge in [0.25, 0.3) is 0 Å². The standard InChI is InChI=1S/C19H20N4O/c1-20-19(21-12-15-8-4-2-5-9-15)22-13-17-14-24-18(23-17)16-10-6-3-7-11-16/h2-11,14H,12-13H2,1H3,(H2,20,21,22). The van der Waals surface area contributed by atoms with Gasteiger partial charge in [0.1, 0.15) is 6.26 Å². The molecule has 0 saturated carbocycles. The number of guanidine groups is 1. The van der Waals surface area contributed by atoms with Gasteiger partial charge in [0.05, 0.1) is 12.2 Å². The van der Waals surface area contributed by atoms with Crippen LogP contribution < -0.4 is 10.6 Å². The molecule has 24 heavy (non-hydrogen) atoms. The van der Waals surface area contributed by atoms with E-state index in [1.54, 1.807) is 13.3 Å². The maximum atomic E-state index is 5.53. The van der Waals surface area contributed by atoms with Crippen molar-refractivity contribution in [3.63, 3.8) is 0 Å². The molecule has 1 heterocycles. The number of aliphatic imine (C=N–C) groups is 1. The van der Waals surface area contributed by atoms with Gasteiger partial charge < -0.3 is 15.1 Å². The summed E-state index contributed by atoms with van der Waals surface area (Å²) in [5.74, 6) is 1.35. The molecule has 0 saturated heterocycles. The van der Waals surface area contributed by atoms with Crippen LogP contribution in [0.3, 0.4) is 0 Å². The van der Waals surface area contributed by atoms with Crippen LogP contribution in [-0.2, 0) is 13.1 Å². The Kier molecular flexibility index (Phi) is 5.24. The van der Waals surface area contributed by atoms with Gasteiger partial charge in [-0.25, -0.2) is 4.98 Å². The Bertz CT molecular complexity index is 781. The lowest BCUT2D eigenvalue weighted by atomic mass is 10.2. The predicted molar refractivity (Wildman–Crippen MR) is 95.4 cm³/mol. The molecule has 0 bridgehead atoms. The first-order valence-electron chi connectivity index (χ1n) is 7.83. The average molecular weight is 320 g/mol. The van der Waals surface area contributed by atoms with E-state index in [0.717, 1.165) is 17.2 Å². The Morgan fingerprint density at radius 1 is 0.958 bits per heavy atom. The third-order valence-corrected chi connectivity index (χ3v) is 3.54. The highest BCUT2D eigenvalue weighted by atomic mass is 16.3. The lowest BCUT2D eigenvalue weighted by Crippen LogP contribution is -2.36. The summed E-state index contributed by atoms with van der Waals surface area (Å²) >= 11 is 0. The van der Waals surface area contributed by atoms with Crippen molar-refractivity contribution in [3.05, 3.63) is 78.2 Å². The van der Waals surface area contributed by atoms with Crippen molar-refractivity contribution in [2.45, 2.75) is 13.1 Å². The van der Waals surface area contributed by atoms with E-state index in [0.29, 0.717) is 19.0 Å². The molecule has 0 fully saturated rings. The van der Waals surface area contributed by atoms with Crippen molar-refractivity contribution in [1.82, 2.24) is 15.6 Å². The molecule has 2 aromatic carbocycles. The highest BCUT2D eigenvalue weighted by Crippen LogP contribution is 2.17. The van der Waals surface area contributed by atoms with Crippen LogP contribution >= 0.6 is 0 Å². The van der Waals surface area contributed by atoms with Gasteiger partial charge in [0.2, 0.25) is 5.89 Å². The number of nitrogens with one attached hydrogen (secondary N) is 2. The molecule has 1 aromatic heterocycles. The van der Waals surface area contributed by atoms with Crippen LogP contribution in [0, 0.1) is 0 Å². The molecule has 0 aliphatic carbocycles. The first kappa shape index (κ1) is 15.8. The van der Waals surface area contributed by atoms with Crippen molar-refractivity contribution in [3.8, 4) is 11.5 Å². The second kappa shape index (κ2) is 7.97. The lowest BCUT2D eigenvalue weighted by molar-refractivity contribution is 0.572. The molecular formula is C19H20N4O. The highest BCUT2D eigenvalue weighted by Gasteiger charge is 2.06. The summed E-state index contributed by atoms with van der Waals surface area (Å²) in [6.07, 6.45) is 1.67. The van der Waals surface area contributed by atoms with Crippen LogP contribution in [0.25, 0.3) is 11.5 Å². The molecule has 5 nitrogen and oxygen atoms in total. The summed E-state index contributed by atoms with van der Waals surface area (Å²) in [5, 5.41) is 6.51. The van der Waals surface area contributed by atoms with Crippen molar-refractivity contribution >= 4 is 5.96 Å². The van der Waals surface area contributed by atoms with Crippen molar-refractivity contribution in [2.75, 3.05) is 7.05 Å². The Morgan fingerprint density at radius 2 is 1.62 bits per heavy atom. The van der Waals surface area contributed by atoms with Crippen LogP contribution in [0.2, 0.25) is 0 Å². The van der Waals surface area contributed by atoms with Gasteiger partial charge in [-0.2, -0.15) is 0 Å². The fraction of sp³-hybridized carbons (Fsp3) is 0.158. The average Bonchev–Trinajstić information content (AvgIpc) is 3.12. The molecular weight excluding hydrogens is 300 g/mol. The van der Waals surface area contributed by atoms with Crippen molar-refractivity contribution in [2.24, 2.45) is 4.99 Å². The van der Waals surface area contributed by atoms with Gasteiger partial charge in [0.15, 0.2) is 5.96 Å². The number of hydrogen-bond donors (Lipinski definition) is 2. The molecule has 3 aromatic rings. The zero-order valence-electron chi connectivity index (χ0n) is 13.6. The molecule has 3 rings (SSSR count). The normalized spacial score (nSPS) is 11.3. The largest absolute Gasteiger partial charge is 0.444 e. The van der Waals surface area contributed by atoms with Crippen LogP contribution in [0.15, 0.2) is 76.3 Å². The third kappa shape index (κ3) is 4.23. The monoisotopic (exact) mass is 320 g/mol. The van der Waals surface area contributed by atoms with Crippen LogP contribution in [0.4, 0.5) is 0 Å². The van der Waals surface area contributed by atoms with Crippen LogP contribution in [0.1, 0.15) is 11.3 Å². The Hall–Kier alpha value is -3.08. The second-order valence-corrected chi connectivity index (χ2v) is 5.27. The molecule has 5 heteroatoms. The Morgan fingerprint density at radius 3 is 2.33 bits per heavy atom. The summed E-state index contributed by atoms with van der Waals surface area (Å²) < 4.78 is 5.53. The van der Waals surface area contributed by atoms with E-state index < -0.39 is 0 Å². The minimum absolute atomic E-state index is 0.546. The van der Waals surface area contributed by atoms with Gasteiger partial charge in [-0.3, -0.25) is 4.99 Å². The number of oxazole rings is 1. The summed E-state index contributed by atoms with van der Waals surface area (Å²) in [6, 6.07) is 20.0. The van der Waals surface area contributed by atoms with Gasteiger partial charge in [-0.1, -0.05) is 48.5 Å². The summed E-state index contributed by atoms with van der Waals surface area (Å²) in [5.41, 5.74) is 3.00. The molecule has 0 amide bonds. The van der Waals surface area contributed by atoms with Gasteiger partial charge in [0, 0.05) is 19.2 Å². The number of benzene rings is 2. The third-order valence-electron chi connectivity index (χ3n) is 3.54. The van der Waals surface area contributed by atoms with Crippen molar-refractivity contribution in [1.29, 1.82) is 0 Å². The van der Waals surface area contributed by atoms with E-state index in [4.69, 9.17) is 4.42 Å². The van der Waals surface area contributed by atoms with Crippen LogP contribution in [-0.4, -0.2) is 18.0 Å². The molecule has 0 aliphatic rings. The minimum atomic E-state index is 0.546. The fourth-order valence-electron chi connectivity index (χ4n) is 2.28. The molecule has 0 radical (unpaired) electrons. The lowest BCUT2D eigenvalue weighted by Gasteiger charge is -2.10. The minimum Gasteiger partial charge on any atom is -0.444 e. The van der Waals surface area contributed by atoms with E-state index in [1.807, 2.05) is 48.5 Å². The zero-order valence-corrected chi connectivity index (χ0v) is 13.6. The maximum Gasteiger partial charge on any atom is 0.226 e.